The summed E-state index contributed by atoms with van der Waals surface area (Å²) in [6.45, 7) is 1.61. The molecule has 3 N–H and O–H groups in total. The molecule has 6 nitrogen and oxygen atoms in total. The summed E-state index contributed by atoms with van der Waals surface area (Å²) in [5, 5.41) is 8.99. The van der Waals surface area contributed by atoms with Gasteiger partial charge in [-0.05, 0) is 25.1 Å². The number of hydrogen-bond donors (Lipinski definition) is 2. The number of carbonyl (C=O) groups excluding carboxylic acids is 1. The summed E-state index contributed by atoms with van der Waals surface area (Å²) in [6, 6.07) is 4.36. The van der Waals surface area contributed by atoms with Crippen molar-refractivity contribution in [3.8, 4) is 0 Å². The average molecular weight is 257 g/mol. The fraction of sp³-hybridized carbons (Fsp3) is 0.0769. The van der Waals surface area contributed by atoms with Gasteiger partial charge in [-0.2, -0.15) is 0 Å². The van der Waals surface area contributed by atoms with Crippen molar-refractivity contribution in [2.24, 2.45) is 0 Å². The van der Waals surface area contributed by atoms with E-state index in [0.29, 0.717) is 11.3 Å². The summed E-state index contributed by atoms with van der Waals surface area (Å²) in [5.41, 5.74) is 6.37. The molecular formula is C13H11N3O3. The first-order valence-electron chi connectivity index (χ1n) is 5.46. The van der Waals surface area contributed by atoms with Gasteiger partial charge in [-0.25, -0.2) is 9.78 Å². The molecule has 0 aromatic carbocycles. The number of aromatic carboxylic acids is 1. The fourth-order valence-electron chi connectivity index (χ4n) is 1.68. The lowest BCUT2D eigenvalue weighted by atomic mass is 10.0. The van der Waals surface area contributed by atoms with Gasteiger partial charge in [-0.1, -0.05) is 0 Å². The second-order valence-corrected chi connectivity index (χ2v) is 3.92. The number of carboxylic acid groups (broad SMARTS) is 1. The molecule has 0 saturated heterocycles. The van der Waals surface area contributed by atoms with Crippen molar-refractivity contribution >= 4 is 17.6 Å². The molecule has 0 amide bonds. The van der Waals surface area contributed by atoms with Crippen LogP contribution < -0.4 is 5.73 Å². The summed E-state index contributed by atoms with van der Waals surface area (Å²) in [6.07, 6.45) is 2.98. The predicted octanol–water partition coefficient (Wildman–Crippen LogP) is 1.30. The van der Waals surface area contributed by atoms with E-state index in [0.717, 1.165) is 0 Å². The lowest BCUT2D eigenvalue weighted by Gasteiger charge is -2.07. The third-order valence-electron chi connectivity index (χ3n) is 2.66. The van der Waals surface area contributed by atoms with Crippen LogP contribution in [-0.4, -0.2) is 26.8 Å². The zero-order chi connectivity index (χ0) is 14.0. The molecule has 19 heavy (non-hydrogen) atoms. The van der Waals surface area contributed by atoms with Crippen LogP contribution in [0.15, 0.2) is 30.6 Å². The molecule has 0 aliphatic rings. The maximum absolute atomic E-state index is 12.3. The van der Waals surface area contributed by atoms with E-state index in [4.69, 9.17) is 10.8 Å². The predicted molar refractivity (Wildman–Crippen MR) is 68.0 cm³/mol. The van der Waals surface area contributed by atoms with Gasteiger partial charge in [0.2, 0.25) is 0 Å². The number of nitrogen functional groups attached to an aromatic ring is 1. The quantitative estimate of drug-likeness (QED) is 0.802. The van der Waals surface area contributed by atoms with Gasteiger partial charge < -0.3 is 10.8 Å². The Morgan fingerprint density at radius 1 is 1.21 bits per heavy atom. The highest BCUT2D eigenvalue weighted by atomic mass is 16.4. The highest BCUT2D eigenvalue weighted by Crippen LogP contribution is 2.18. The van der Waals surface area contributed by atoms with Crippen LogP contribution in [0.5, 0.6) is 0 Å². The van der Waals surface area contributed by atoms with E-state index in [9.17, 15) is 9.59 Å². The standard InChI is InChI=1S/C13H11N3O3/c1-7-9(6-10(13(18)19)12(14)16-7)11(17)8-2-4-15-5-3-8/h2-6H,1H3,(H2,14,16)(H,18,19). The molecule has 2 heterocycles. The molecule has 96 valence electrons. The molecule has 2 aromatic rings. The third-order valence-corrected chi connectivity index (χ3v) is 2.66. The van der Waals surface area contributed by atoms with Crippen LogP contribution in [0.1, 0.15) is 32.0 Å². The Labute approximate surface area is 108 Å². The van der Waals surface area contributed by atoms with Gasteiger partial charge in [0.15, 0.2) is 5.78 Å². The number of nitrogens with zero attached hydrogens (tertiary/aromatic N) is 2. The molecule has 2 aromatic heterocycles. The van der Waals surface area contributed by atoms with Crippen molar-refractivity contribution < 1.29 is 14.7 Å². The van der Waals surface area contributed by atoms with Gasteiger partial charge in [0.25, 0.3) is 0 Å². The summed E-state index contributed by atoms with van der Waals surface area (Å²) in [5.74, 6) is -1.63. The van der Waals surface area contributed by atoms with E-state index >= 15 is 0 Å². The van der Waals surface area contributed by atoms with Crippen molar-refractivity contribution in [2.75, 3.05) is 5.73 Å². The highest BCUT2D eigenvalue weighted by Gasteiger charge is 2.18. The van der Waals surface area contributed by atoms with Crippen LogP contribution in [0.2, 0.25) is 0 Å². The minimum atomic E-state index is -1.21. The number of hydrogen-bond acceptors (Lipinski definition) is 5. The van der Waals surface area contributed by atoms with Crippen LogP contribution in [0.4, 0.5) is 5.82 Å². The Kier molecular flexibility index (Phi) is 3.24. The summed E-state index contributed by atoms with van der Waals surface area (Å²) < 4.78 is 0. The Hall–Kier alpha value is -2.76. The van der Waals surface area contributed by atoms with E-state index in [1.807, 2.05) is 0 Å². The number of ketones is 1. The lowest BCUT2D eigenvalue weighted by Crippen LogP contribution is -2.12. The minimum absolute atomic E-state index is 0.101. The maximum Gasteiger partial charge on any atom is 0.339 e. The number of pyridine rings is 2. The van der Waals surface area contributed by atoms with E-state index in [1.54, 1.807) is 19.1 Å². The molecular weight excluding hydrogens is 246 g/mol. The largest absolute Gasteiger partial charge is 0.478 e. The number of rotatable bonds is 3. The highest BCUT2D eigenvalue weighted by molar-refractivity contribution is 6.10. The molecule has 0 unspecified atom stereocenters. The van der Waals surface area contributed by atoms with E-state index in [1.165, 1.54) is 18.5 Å². The van der Waals surface area contributed by atoms with Gasteiger partial charge in [0.05, 0.1) is 5.69 Å². The van der Waals surface area contributed by atoms with Gasteiger partial charge in [0.1, 0.15) is 11.4 Å². The number of anilines is 1. The van der Waals surface area contributed by atoms with Crippen molar-refractivity contribution in [1.82, 2.24) is 9.97 Å². The Morgan fingerprint density at radius 3 is 2.42 bits per heavy atom. The molecule has 0 radical (unpaired) electrons. The van der Waals surface area contributed by atoms with Gasteiger partial charge >= 0.3 is 5.97 Å². The molecule has 0 fully saturated rings. The average Bonchev–Trinajstić information content (AvgIpc) is 2.38. The molecule has 2 rings (SSSR count). The Bertz CT molecular complexity index is 654. The first kappa shape index (κ1) is 12.7. The van der Waals surface area contributed by atoms with E-state index < -0.39 is 5.97 Å². The SMILES string of the molecule is Cc1nc(N)c(C(=O)O)cc1C(=O)c1ccncc1. The molecule has 0 spiro atoms. The van der Waals surface area contributed by atoms with Crippen molar-refractivity contribution in [2.45, 2.75) is 6.92 Å². The molecule has 0 saturated carbocycles. The van der Waals surface area contributed by atoms with Crippen molar-refractivity contribution in [3.05, 3.63) is 53.0 Å². The number of aromatic nitrogens is 2. The summed E-state index contributed by atoms with van der Waals surface area (Å²) >= 11 is 0. The van der Waals surface area contributed by atoms with Crippen LogP contribution >= 0.6 is 0 Å². The fourth-order valence-corrected chi connectivity index (χ4v) is 1.68. The topological polar surface area (TPSA) is 106 Å². The van der Waals surface area contributed by atoms with Crippen LogP contribution in [-0.2, 0) is 0 Å². The first-order valence-corrected chi connectivity index (χ1v) is 5.46. The van der Waals surface area contributed by atoms with Crippen molar-refractivity contribution in [1.29, 1.82) is 0 Å². The number of carboxylic acids is 1. The summed E-state index contributed by atoms with van der Waals surface area (Å²) in [4.78, 5) is 31.0. The lowest BCUT2D eigenvalue weighted by molar-refractivity contribution is 0.0697. The minimum Gasteiger partial charge on any atom is -0.478 e. The normalized spacial score (nSPS) is 10.2. The van der Waals surface area contributed by atoms with E-state index in [-0.39, 0.29) is 22.7 Å². The molecule has 0 aliphatic heterocycles. The molecule has 0 atom stereocenters. The zero-order valence-electron chi connectivity index (χ0n) is 10.1. The zero-order valence-corrected chi connectivity index (χ0v) is 10.1. The first-order chi connectivity index (χ1) is 9.00. The van der Waals surface area contributed by atoms with Crippen LogP contribution in [0.3, 0.4) is 0 Å². The smallest absolute Gasteiger partial charge is 0.339 e. The maximum atomic E-state index is 12.3. The van der Waals surface area contributed by atoms with Gasteiger partial charge in [0, 0.05) is 23.5 Å². The van der Waals surface area contributed by atoms with Gasteiger partial charge in [-0.15, -0.1) is 0 Å². The van der Waals surface area contributed by atoms with Crippen LogP contribution in [0.25, 0.3) is 0 Å². The van der Waals surface area contributed by atoms with E-state index in [2.05, 4.69) is 9.97 Å². The second-order valence-electron chi connectivity index (χ2n) is 3.92. The molecule has 0 aliphatic carbocycles. The third kappa shape index (κ3) is 2.42. The Balaban J connectivity index is 2.54. The number of carbonyl (C=O) groups is 2. The second kappa shape index (κ2) is 4.85. The van der Waals surface area contributed by atoms with Crippen molar-refractivity contribution in [3.63, 3.8) is 0 Å². The Morgan fingerprint density at radius 2 is 1.84 bits per heavy atom. The number of nitrogens with two attached hydrogens (primary N) is 1. The summed E-state index contributed by atoms with van der Waals surface area (Å²) in [7, 11) is 0. The monoisotopic (exact) mass is 257 g/mol. The van der Waals surface area contributed by atoms with Gasteiger partial charge in [-0.3, -0.25) is 9.78 Å². The molecule has 6 heteroatoms. The number of aryl methyl sites for hydroxylation is 1. The van der Waals surface area contributed by atoms with Crippen LogP contribution in [0, 0.1) is 6.92 Å². The molecule has 0 bridgehead atoms.